The summed E-state index contributed by atoms with van der Waals surface area (Å²) in [5.41, 5.74) is 0.598. The van der Waals surface area contributed by atoms with E-state index in [0.29, 0.717) is 18.7 Å². The molecule has 30 heavy (non-hydrogen) atoms. The number of hydrogen-bond acceptors (Lipinski definition) is 8. The molecule has 0 radical (unpaired) electrons. The number of carbonyl (C=O) groups is 3. The van der Waals surface area contributed by atoms with Crippen molar-refractivity contribution in [2.45, 2.75) is 11.8 Å². The minimum Gasteiger partial charge on any atom is -0.464 e. The van der Waals surface area contributed by atoms with Crippen LogP contribution in [0.15, 0.2) is 29.3 Å². The number of esters is 1. The van der Waals surface area contributed by atoms with Gasteiger partial charge in [-0.15, -0.1) is 0 Å². The smallest absolute Gasteiger partial charge is 0.302 e. The first-order valence-corrected chi connectivity index (χ1v) is 10.7. The number of sulfonamides is 1. The van der Waals surface area contributed by atoms with Crippen LogP contribution in [0.5, 0.6) is 0 Å². The second-order valence-electron chi connectivity index (χ2n) is 6.84. The SMILES string of the molecule is CC(=O)OCCN1C(=O)c2cnc3ccc(S(=O)(=O)N4CCOCC4)cc3c2C1=O. The van der Waals surface area contributed by atoms with E-state index in [-0.39, 0.29) is 47.6 Å². The fraction of sp³-hybridized carbons (Fsp3) is 0.368. The first-order valence-electron chi connectivity index (χ1n) is 9.31. The van der Waals surface area contributed by atoms with Gasteiger partial charge in [0.25, 0.3) is 11.8 Å². The van der Waals surface area contributed by atoms with E-state index in [1.54, 1.807) is 0 Å². The summed E-state index contributed by atoms with van der Waals surface area (Å²) in [7, 11) is -3.78. The number of rotatable bonds is 5. The van der Waals surface area contributed by atoms with Gasteiger partial charge in [0.05, 0.1) is 41.3 Å². The molecule has 1 aromatic heterocycles. The van der Waals surface area contributed by atoms with Crippen LogP contribution in [-0.4, -0.2) is 79.8 Å². The highest BCUT2D eigenvalue weighted by Gasteiger charge is 2.38. The van der Waals surface area contributed by atoms with Gasteiger partial charge in [-0.2, -0.15) is 4.31 Å². The van der Waals surface area contributed by atoms with E-state index in [9.17, 15) is 22.8 Å². The van der Waals surface area contributed by atoms with E-state index in [0.717, 1.165) is 4.90 Å². The normalized spacial score (nSPS) is 17.4. The Kier molecular flexibility index (Phi) is 5.26. The molecule has 1 fully saturated rings. The van der Waals surface area contributed by atoms with E-state index in [2.05, 4.69) is 4.98 Å². The summed E-state index contributed by atoms with van der Waals surface area (Å²) in [4.78, 5) is 41.7. The van der Waals surface area contributed by atoms with E-state index in [1.807, 2.05) is 0 Å². The van der Waals surface area contributed by atoms with Crippen LogP contribution in [-0.2, 0) is 24.3 Å². The number of nitrogens with zero attached hydrogens (tertiary/aromatic N) is 3. The third kappa shape index (κ3) is 3.44. The predicted molar refractivity (Wildman–Crippen MR) is 103 cm³/mol. The van der Waals surface area contributed by atoms with Crippen LogP contribution in [0.25, 0.3) is 10.9 Å². The number of hydrogen-bond donors (Lipinski definition) is 0. The largest absolute Gasteiger partial charge is 0.464 e. The molecule has 0 N–H and O–H groups in total. The molecule has 0 spiro atoms. The number of amides is 2. The third-order valence-electron chi connectivity index (χ3n) is 5.00. The number of carbonyl (C=O) groups excluding carboxylic acids is 3. The zero-order valence-electron chi connectivity index (χ0n) is 16.2. The lowest BCUT2D eigenvalue weighted by molar-refractivity contribution is -0.141. The molecule has 2 aliphatic rings. The summed E-state index contributed by atoms with van der Waals surface area (Å²) in [6, 6.07) is 4.33. The first kappa shape index (κ1) is 20.4. The lowest BCUT2D eigenvalue weighted by Gasteiger charge is -2.26. The van der Waals surface area contributed by atoms with E-state index >= 15 is 0 Å². The maximum absolute atomic E-state index is 13.0. The minimum absolute atomic E-state index is 0.0192. The number of aromatic nitrogens is 1. The quantitative estimate of drug-likeness (QED) is 0.491. The average molecular weight is 433 g/mol. The lowest BCUT2D eigenvalue weighted by atomic mass is 10.1. The van der Waals surface area contributed by atoms with Crippen molar-refractivity contribution in [3.63, 3.8) is 0 Å². The Morgan fingerprint density at radius 3 is 2.63 bits per heavy atom. The summed E-state index contributed by atoms with van der Waals surface area (Å²) in [5, 5.41) is 0.287. The average Bonchev–Trinajstić information content (AvgIpc) is 2.98. The maximum Gasteiger partial charge on any atom is 0.302 e. The summed E-state index contributed by atoms with van der Waals surface area (Å²) in [6.45, 7) is 2.13. The second kappa shape index (κ2) is 7.74. The van der Waals surface area contributed by atoms with Crippen molar-refractivity contribution in [1.29, 1.82) is 0 Å². The van der Waals surface area contributed by atoms with Crippen molar-refractivity contribution in [1.82, 2.24) is 14.2 Å². The van der Waals surface area contributed by atoms with Gasteiger partial charge in [-0.1, -0.05) is 0 Å². The molecule has 1 aromatic carbocycles. The van der Waals surface area contributed by atoms with E-state index < -0.39 is 27.8 Å². The van der Waals surface area contributed by atoms with Gasteiger partial charge in [0.2, 0.25) is 10.0 Å². The molecule has 1 saturated heterocycles. The fourth-order valence-electron chi connectivity index (χ4n) is 3.52. The van der Waals surface area contributed by atoms with Gasteiger partial charge in [0, 0.05) is 31.6 Å². The molecule has 158 valence electrons. The van der Waals surface area contributed by atoms with Crippen LogP contribution in [0, 0.1) is 0 Å². The van der Waals surface area contributed by atoms with Gasteiger partial charge in [-0.3, -0.25) is 24.3 Å². The van der Waals surface area contributed by atoms with Crippen LogP contribution in [0.1, 0.15) is 27.6 Å². The summed E-state index contributed by atoms with van der Waals surface area (Å²) < 4.78 is 37.3. The highest BCUT2D eigenvalue weighted by atomic mass is 32.2. The molecule has 11 heteroatoms. The number of morpholine rings is 1. The van der Waals surface area contributed by atoms with Gasteiger partial charge in [-0.05, 0) is 18.2 Å². The molecule has 2 aromatic rings. The van der Waals surface area contributed by atoms with Crippen LogP contribution >= 0.6 is 0 Å². The number of benzene rings is 1. The Bertz CT molecular complexity index is 1160. The molecule has 10 nitrogen and oxygen atoms in total. The highest BCUT2D eigenvalue weighted by molar-refractivity contribution is 7.89. The van der Waals surface area contributed by atoms with Crippen molar-refractivity contribution in [3.05, 3.63) is 35.5 Å². The molecule has 2 amide bonds. The molecular formula is C19H19N3O7S. The van der Waals surface area contributed by atoms with E-state index in [4.69, 9.17) is 9.47 Å². The Morgan fingerprint density at radius 2 is 1.93 bits per heavy atom. The van der Waals surface area contributed by atoms with Crippen LogP contribution in [0.3, 0.4) is 0 Å². The van der Waals surface area contributed by atoms with Crippen molar-refractivity contribution >= 4 is 38.7 Å². The molecule has 2 aliphatic heterocycles. The molecular weight excluding hydrogens is 414 g/mol. The Hall–Kier alpha value is -2.89. The summed E-state index contributed by atoms with van der Waals surface area (Å²) >= 11 is 0. The topological polar surface area (TPSA) is 123 Å². The number of fused-ring (bicyclic) bond motifs is 3. The van der Waals surface area contributed by atoms with Crippen molar-refractivity contribution < 1.29 is 32.3 Å². The van der Waals surface area contributed by atoms with Gasteiger partial charge < -0.3 is 9.47 Å². The molecule has 0 saturated carbocycles. The molecule has 0 unspecified atom stereocenters. The molecule has 0 atom stereocenters. The first-order chi connectivity index (χ1) is 14.3. The molecule has 0 bridgehead atoms. The van der Waals surface area contributed by atoms with Crippen molar-refractivity contribution in [2.24, 2.45) is 0 Å². The monoisotopic (exact) mass is 433 g/mol. The second-order valence-corrected chi connectivity index (χ2v) is 8.78. The number of imide groups is 1. The zero-order chi connectivity index (χ0) is 21.5. The Labute approximate surface area is 172 Å². The Morgan fingerprint density at radius 1 is 1.20 bits per heavy atom. The zero-order valence-corrected chi connectivity index (χ0v) is 17.0. The van der Waals surface area contributed by atoms with Crippen LogP contribution in [0.2, 0.25) is 0 Å². The lowest BCUT2D eigenvalue weighted by Crippen LogP contribution is -2.40. The fourth-order valence-corrected chi connectivity index (χ4v) is 4.95. The van der Waals surface area contributed by atoms with Crippen molar-refractivity contribution in [3.8, 4) is 0 Å². The third-order valence-corrected chi connectivity index (χ3v) is 6.90. The van der Waals surface area contributed by atoms with Gasteiger partial charge in [0.15, 0.2) is 0 Å². The minimum atomic E-state index is -3.78. The molecule has 3 heterocycles. The standard InChI is InChI=1S/C19H19N3O7S/c1-12(23)29-9-6-22-18(24)15-11-20-16-3-2-13(10-14(16)17(15)19(22)25)30(26,27)21-4-7-28-8-5-21/h2-3,10-11H,4-9H2,1H3. The number of pyridine rings is 1. The van der Waals surface area contributed by atoms with Crippen LogP contribution in [0.4, 0.5) is 0 Å². The molecule has 4 rings (SSSR count). The molecule has 0 aliphatic carbocycles. The van der Waals surface area contributed by atoms with Gasteiger partial charge in [0.1, 0.15) is 6.61 Å². The van der Waals surface area contributed by atoms with Gasteiger partial charge in [-0.25, -0.2) is 8.42 Å². The number of ether oxygens (including phenoxy) is 2. The predicted octanol–water partition coefficient (Wildman–Crippen LogP) is 0.415. The maximum atomic E-state index is 13.0. The van der Waals surface area contributed by atoms with E-state index in [1.165, 1.54) is 35.6 Å². The Balaban J connectivity index is 1.73. The summed E-state index contributed by atoms with van der Waals surface area (Å²) in [6.07, 6.45) is 1.31. The van der Waals surface area contributed by atoms with Crippen LogP contribution < -0.4 is 0 Å². The highest BCUT2D eigenvalue weighted by Crippen LogP contribution is 2.31. The van der Waals surface area contributed by atoms with Crippen molar-refractivity contribution in [2.75, 3.05) is 39.5 Å². The summed E-state index contributed by atoms with van der Waals surface area (Å²) in [5.74, 6) is -1.65. The van der Waals surface area contributed by atoms with Gasteiger partial charge >= 0.3 is 5.97 Å².